The average molecular weight is 338 g/mol. The van der Waals surface area contributed by atoms with Gasteiger partial charge in [-0.1, -0.05) is 15.9 Å². The van der Waals surface area contributed by atoms with Crippen LogP contribution in [0.2, 0.25) is 0 Å². The number of amides is 1. The lowest BCUT2D eigenvalue weighted by molar-refractivity contribution is -0.883. The van der Waals surface area contributed by atoms with Crippen LogP contribution in [0.4, 0.5) is 0 Å². The van der Waals surface area contributed by atoms with Gasteiger partial charge in [-0.3, -0.25) is 4.79 Å². The molecule has 0 atom stereocenters. The molecule has 0 bridgehead atoms. The Morgan fingerprint density at radius 3 is 2.75 bits per heavy atom. The van der Waals surface area contributed by atoms with E-state index in [1.54, 1.807) is 0 Å². The van der Waals surface area contributed by atoms with Crippen molar-refractivity contribution in [2.24, 2.45) is 0 Å². The maximum atomic E-state index is 12.6. The molecule has 5 heteroatoms. The molecular weight excluding hydrogens is 320 g/mol. The Balaban J connectivity index is 1.93. The fraction of sp³-hybridized carbons (Fsp3) is 0.400. The predicted octanol–water partition coefficient (Wildman–Crippen LogP) is 1.47. The number of rotatable bonds is 1. The lowest BCUT2D eigenvalue weighted by Gasteiger charge is -2.29. The first-order chi connectivity index (χ1) is 9.56. The molecule has 2 heterocycles. The van der Waals surface area contributed by atoms with Crippen molar-refractivity contribution in [3.63, 3.8) is 0 Å². The molecule has 0 unspecified atom stereocenters. The number of nitrogens with one attached hydrogen (secondary N) is 1. The third-order valence-corrected chi connectivity index (χ3v) is 4.49. The van der Waals surface area contributed by atoms with Crippen LogP contribution >= 0.6 is 15.9 Å². The molecule has 20 heavy (non-hydrogen) atoms. The van der Waals surface area contributed by atoms with Crippen LogP contribution < -0.4 is 4.90 Å². The largest absolute Gasteiger partial charge is 0.451 e. The van der Waals surface area contributed by atoms with Crippen molar-refractivity contribution in [2.75, 3.05) is 33.2 Å². The minimum Gasteiger partial charge on any atom is -0.451 e. The first-order valence-corrected chi connectivity index (χ1v) is 7.65. The number of hydrogen-bond acceptors (Lipinski definition) is 2. The van der Waals surface area contributed by atoms with Gasteiger partial charge in [-0.05, 0) is 25.1 Å². The average Bonchev–Trinajstić information content (AvgIpc) is 2.76. The summed E-state index contributed by atoms with van der Waals surface area (Å²) in [6.07, 6.45) is 0. The molecule has 1 aliphatic heterocycles. The molecule has 3 rings (SSSR count). The normalized spacial score (nSPS) is 16.9. The van der Waals surface area contributed by atoms with Gasteiger partial charge in [0.2, 0.25) is 0 Å². The van der Waals surface area contributed by atoms with Crippen molar-refractivity contribution >= 4 is 32.8 Å². The monoisotopic (exact) mass is 337 g/mol. The van der Waals surface area contributed by atoms with Crippen LogP contribution in [0, 0.1) is 6.92 Å². The maximum absolute atomic E-state index is 12.6. The van der Waals surface area contributed by atoms with E-state index in [0.29, 0.717) is 5.76 Å². The number of piperazine rings is 1. The number of furan rings is 1. The lowest BCUT2D eigenvalue weighted by atomic mass is 10.1. The molecule has 1 aromatic heterocycles. The third-order valence-electron chi connectivity index (χ3n) is 4.00. The van der Waals surface area contributed by atoms with Crippen molar-refractivity contribution in [1.82, 2.24) is 4.90 Å². The number of halogens is 1. The van der Waals surface area contributed by atoms with Gasteiger partial charge in [-0.15, -0.1) is 0 Å². The highest BCUT2D eigenvalue weighted by molar-refractivity contribution is 9.10. The quantitative estimate of drug-likeness (QED) is 0.855. The molecule has 0 spiro atoms. The van der Waals surface area contributed by atoms with Gasteiger partial charge in [0.15, 0.2) is 5.76 Å². The van der Waals surface area contributed by atoms with Crippen LogP contribution in [-0.4, -0.2) is 44.0 Å². The molecule has 1 saturated heterocycles. The summed E-state index contributed by atoms with van der Waals surface area (Å²) in [6.45, 7) is 5.54. The number of quaternary nitrogens is 1. The van der Waals surface area contributed by atoms with E-state index >= 15 is 0 Å². The van der Waals surface area contributed by atoms with Gasteiger partial charge in [-0.2, -0.15) is 0 Å². The highest BCUT2D eigenvalue weighted by Crippen LogP contribution is 2.28. The molecule has 2 aromatic rings. The molecule has 1 aromatic carbocycles. The van der Waals surface area contributed by atoms with E-state index < -0.39 is 0 Å². The van der Waals surface area contributed by atoms with Crippen LogP contribution in [0.15, 0.2) is 27.1 Å². The summed E-state index contributed by atoms with van der Waals surface area (Å²) in [5.41, 5.74) is 1.70. The van der Waals surface area contributed by atoms with Gasteiger partial charge in [0.1, 0.15) is 5.58 Å². The lowest BCUT2D eigenvalue weighted by Crippen LogP contribution is -3.12. The molecule has 0 aliphatic carbocycles. The van der Waals surface area contributed by atoms with Gasteiger partial charge in [0.25, 0.3) is 5.91 Å². The Hall–Kier alpha value is -1.33. The molecule has 0 radical (unpaired) electrons. The number of likely N-dealkylation sites (N-methyl/N-ethyl adjacent to an activating group) is 1. The number of carbonyl (C=O) groups is 1. The molecule has 1 amide bonds. The van der Waals surface area contributed by atoms with E-state index in [9.17, 15) is 4.79 Å². The van der Waals surface area contributed by atoms with Gasteiger partial charge in [0.05, 0.1) is 33.2 Å². The number of hydrogen-bond donors (Lipinski definition) is 1. The molecule has 1 N–H and O–H groups in total. The predicted molar refractivity (Wildman–Crippen MR) is 81.2 cm³/mol. The SMILES string of the molecule is Cc1c(C(=O)N2CC[NH+](C)CC2)oc2ccc(Br)cc12. The zero-order valence-corrected chi connectivity index (χ0v) is 13.3. The molecule has 1 aliphatic rings. The highest BCUT2D eigenvalue weighted by atomic mass is 79.9. The Labute approximate surface area is 126 Å². The summed E-state index contributed by atoms with van der Waals surface area (Å²) >= 11 is 3.46. The van der Waals surface area contributed by atoms with E-state index in [2.05, 4.69) is 23.0 Å². The Morgan fingerprint density at radius 1 is 1.35 bits per heavy atom. The molecular formula is C15H18BrN2O2+. The fourth-order valence-corrected chi connectivity index (χ4v) is 2.99. The van der Waals surface area contributed by atoms with E-state index in [0.717, 1.165) is 47.2 Å². The Morgan fingerprint density at radius 2 is 2.05 bits per heavy atom. The van der Waals surface area contributed by atoms with E-state index in [4.69, 9.17) is 4.42 Å². The molecule has 1 fully saturated rings. The standard InChI is InChI=1S/C15H17BrN2O2/c1-10-12-9-11(16)3-4-13(12)20-14(10)15(19)18-7-5-17(2)6-8-18/h3-4,9H,5-8H2,1-2H3/p+1. The molecule has 106 valence electrons. The summed E-state index contributed by atoms with van der Waals surface area (Å²) in [5, 5.41) is 1.00. The first-order valence-electron chi connectivity index (χ1n) is 6.85. The van der Waals surface area contributed by atoms with Crippen LogP contribution in [0.25, 0.3) is 11.0 Å². The molecule has 4 nitrogen and oxygen atoms in total. The van der Waals surface area contributed by atoms with Crippen molar-refractivity contribution in [2.45, 2.75) is 6.92 Å². The van der Waals surface area contributed by atoms with E-state index in [1.807, 2.05) is 30.0 Å². The second-order valence-corrected chi connectivity index (χ2v) is 6.36. The number of nitrogens with zero attached hydrogens (tertiary/aromatic N) is 1. The minimum absolute atomic E-state index is 0.0160. The highest BCUT2D eigenvalue weighted by Gasteiger charge is 2.27. The van der Waals surface area contributed by atoms with Gasteiger partial charge in [0, 0.05) is 15.4 Å². The summed E-state index contributed by atoms with van der Waals surface area (Å²) in [5.74, 6) is 0.500. The summed E-state index contributed by atoms with van der Waals surface area (Å²) in [7, 11) is 2.16. The topological polar surface area (TPSA) is 37.9 Å². The Kier molecular flexibility index (Phi) is 3.56. The van der Waals surface area contributed by atoms with E-state index in [1.165, 1.54) is 4.90 Å². The second kappa shape index (κ2) is 5.22. The Bertz CT molecular complexity index is 657. The smallest absolute Gasteiger partial charge is 0.290 e. The van der Waals surface area contributed by atoms with Crippen LogP contribution in [-0.2, 0) is 0 Å². The third kappa shape index (κ3) is 2.36. The van der Waals surface area contributed by atoms with Crippen LogP contribution in [0.5, 0.6) is 0 Å². The maximum Gasteiger partial charge on any atom is 0.290 e. The van der Waals surface area contributed by atoms with Gasteiger partial charge in [-0.25, -0.2) is 0 Å². The second-order valence-electron chi connectivity index (χ2n) is 5.45. The summed E-state index contributed by atoms with van der Waals surface area (Å²) in [6, 6.07) is 5.83. The summed E-state index contributed by atoms with van der Waals surface area (Å²) < 4.78 is 6.77. The fourth-order valence-electron chi connectivity index (χ4n) is 2.63. The van der Waals surface area contributed by atoms with Crippen molar-refractivity contribution in [3.05, 3.63) is 34.0 Å². The van der Waals surface area contributed by atoms with Crippen molar-refractivity contribution in [1.29, 1.82) is 0 Å². The summed E-state index contributed by atoms with van der Waals surface area (Å²) in [4.78, 5) is 16.0. The molecule has 0 saturated carbocycles. The van der Waals surface area contributed by atoms with Crippen LogP contribution in [0.1, 0.15) is 16.1 Å². The van der Waals surface area contributed by atoms with E-state index in [-0.39, 0.29) is 5.91 Å². The number of carbonyl (C=O) groups excluding carboxylic acids is 1. The van der Waals surface area contributed by atoms with Gasteiger partial charge < -0.3 is 14.2 Å². The zero-order chi connectivity index (χ0) is 14.3. The minimum atomic E-state index is 0.0160. The number of fused-ring (bicyclic) bond motifs is 1. The first kappa shape index (κ1) is 13.6. The number of aryl methyl sites for hydroxylation is 1. The van der Waals surface area contributed by atoms with Crippen molar-refractivity contribution < 1.29 is 14.1 Å². The number of benzene rings is 1. The van der Waals surface area contributed by atoms with Crippen LogP contribution in [0.3, 0.4) is 0 Å². The van der Waals surface area contributed by atoms with Gasteiger partial charge >= 0.3 is 0 Å². The zero-order valence-electron chi connectivity index (χ0n) is 11.7. The van der Waals surface area contributed by atoms with Crippen molar-refractivity contribution in [3.8, 4) is 0 Å².